The number of nitrogens with two attached hydrogens (primary N) is 2. The van der Waals surface area contributed by atoms with E-state index in [1.807, 2.05) is 0 Å². The van der Waals surface area contributed by atoms with Crippen molar-refractivity contribution in [2.75, 3.05) is 6.54 Å². The molecule has 0 aliphatic rings. The zero-order valence-corrected chi connectivity index (χ0v) is 8.68. The molecule has 0 spiro atoms. The van der Waals surface area contributed by atoms with Crippen molar-refractivity contribution >= 4 is 15.9 Å². The smallest absolute Gasteiger partial charge is 0.166 e. The molecule has 0 saturated carbocycles. The summed E-state index contributed by atoms with van der Waals surface area (Å²) in [5, 5.41) is 9.23. The van der Waals surface area contributed by atoms with Gasteiger partial charge < -0.3 is 16.6 Å². The lowest BCUT2D eigenvalue weighted by atomic mass is 10.1. The summed E-state index contributed by atoms with van der Waals surface area (Å²) in [6.07, 6.45) is 0. The van der Waals surface area contributed by atoms with E-state index in [-0.39, 0.29) is 16.6 Å². The fourth-order valence-electron chi connectivity index (χ4n) is 1.06. The van der Waals surface area contributed by atoms with Gasteiger partial charge in [0.25, 0.3) is 0 Å². The summed E-state index contributed by atoms with van der Waals surface area (Å²) in [6.45, 7) is -0.0830. The molecular formula is C8H9BrF2N2O. The van der Waals surface area contributed by atoms with Crippen molar-refractivity contribution in [2.24, 2.45) is 11.5 Å². The Bertz CT molecular complexity index is 333. The highest BCUT2D eigenvalue weighted by atomic mass is 79.9. The third-order valence-electron chi connectivity index (χ3n) is 1.81. The van der Waals surface area contributed by atoms with Crippen LogP contribution in [-0.2, 0) is 0 Å². The molecule has 6 heteroatoms. The van der Waals surface area contributed by atoms with Crippen molar-refractivity contribution in [1.82, 2.24) is 0 Å². The minimum Gasteiger partial charge on any atom is -0.505 e. The Kier molecular flexibility index (Phi) is 3.41. The van der Waals surface area contributed by atoms with Crippen LogP contribution in [0.3, 0.4) is 0 Å². The lowest BCUT2D eigenvalue weighted by molar-refractivity contribution is 0.410. The highest BCUT2D eigenvalue weighted by Gasteiger charge is 2.21. The molecule has 0 aliphatic carbocycles. The molecular weight excluding hydrogens is 258 g/mol. The van der Waals surface area contributed by atoms with Crippen molar-refractivity contribution in [3.05, 3.63) is 27.7 Å². The van der Waals surface area contributed by atoms with Gasteiger partial charge in [-0.2, -0.15) is 0 Å². The van der Waals surface area contributed by atoms with Gasteiger partial charge in [0.2, 0.25) is 0 Å². The van der Waals surface area contributed by atoms with E-state index < -0.39 is 23.4 Å². The maximum absolute atomic E-state index is 13.4. The zero-order chi connectivity index (χ0) is 10.9. The van der Waals surface area contributed by atoms with Gasteiger partial charge >= 0.3 is 0 Å². The topological polar surface area (TPSA) is 72.3 Å². The monoisotopic (exact) mass is 266 g/mol. The Balaban J connectivity index is 3.39. The molecule has 0 unspecified atom stereocenters. The number of halogens is 3. The van der Waals surface area contributed by atoms with E-state index >= 15 is 0 Å². The summed E-state index contributed by atoms with van der Waals surface area (Å²) in [5.74, 6) is -2.51. The maximum Gasteiger partial charge on any atom is 0.166 e. The number of hydrogen-bond acceptors (Lipinski definition) is 3. The average Bonchev–Trinajstić information content (AvgIpc) is 2.15. The van der Waals surface area contributed by atoms with E-state index in [1.165, 1.54) is 0 Å². The Morgan fingerprint density at radius 3 is 2.57 bits per heavy atom. The Hall–Kier alpha value is -0.720. The Morgan fingerprint density at radius 2 is 2.07 bits per heavy atom. The van der Waals surface area contributed by atoms with E-state index in [0.29, 0.717) is 0 Å². The first-order valence-electron chi connectivity index (χ1n) is 3.81. The molecule has 14 heavy (non-hydrogen) atoms. The van der Waals surface area contributed by atoms with Crippen molar-refractivity contribution in [1.29, 1.82) is 0 Å². The van der Waals surface area contributed by atoms with Gasteiger partial charge in [0.1, 0.15) is 5.82 Å². The van der Waals surface area contributed by atoms with E-state index in [2.05, 4.69) is 15.9 Å². The summed E-state index contributed by atoms with van der Waals surface area (Å²) in [5.41, 5.74) is 10.3. The van der Waals surface area contributed by atoms with Crippen LogP contribution in [0.25, 0.3) is 0 Å². The zero-order valence-electron chi connectivity index (χ0n) is 7.10. The van der Waals surface area contributed by atoms with Crippen LogP contribution in [-0.4, -0.2) is 11.7 Å². The second-order valence-electron chi connectivity index (χ2n) is 2.76. The fourth-order valence-corrected chi connectivity index (χ4v) is 1.48. The molecule has 1 aromatic carbocycles. The largest absolute Gasteiger partial charge is 0.505 e. The van der Waals surface area contributed by atoms with Gasteiger partial charge in [-0.25, -0.2) is 8.78 Å². The first kappa shape index (κ1) is 11.4. The molecule has 1 rings (SSSR count). The molecule has 0 bridgehead atoms. The van der Waals surface area contributed by atoms with Gasteiger partial charge in [0.05, 0.1) is 10.0 Å². The highest BCUT2D eigenvalue weighted by molar-refractivity contribution is 9.10. The average molecular weight is 267 g/mol. The molecule has 0 saturated heterocycles. The number of benzene rings is 1. The first-order valence-corrected chi connectivity index (χ1v) is 4.60. The fraction of sp³-hybridized carbons (Fsp3) is 0.250. The Morgan fingerprint density at radius 1 is 1.50 bits per heavy atom. The van der Waals surface area contributed by atoms with Gasteiger partial charge in [-0.1, -0.05) is 0 Å². The molecule has 0 aromatic heterocycles. The predicted octanol–water partition coefficient (Wildman–Crippen LogP) is 1.39. The summed E-state index contributed by atoms with van der Waals surface area (Å²) in [6, 6.07) is -0.0979. The molecule has 0 radical (unpaired) electrons. The van der Waals surface area contributed by atoms with Crippen LogP contribution < -0.4 is 11.5 Å². The first-order chi connectivity index (χ1) is 6.49. The van der Waals surface area contributed by atoms with Crippen molar-refractivity contribution in [3.63, 3.8) is 0 Å². The van der Waals surface area contributed by atoms with Crippen LogP contribution in [0, 0.1) is 11.6 Å². The standard InChI is InChI=1S/C8H9BrF2N2O/c9-3-1-4(10)8(14)6(7(3)11)5(13)2-12/h1,5,14H,2,12-13H2/t5-/m0/s1. The van der Waals surface area contributed by atoms with E-state index in [1.54, 1.807) is 0 Å². The second kappa shape index (κ2) is 4.20. The van der Waals surface area contributed by atoms with Crippen LogP contribution in [0.4, 0.5) is 8.78 Å². The SMILES string of the molecule is NC[C@H](N)c1c(O)c(F)cc(Br)c1F. The summed E-state index contributed by atoms with van der Waals surface area (Å²) in [7, 11) is 0. The third-order valence-corrected chi connectivity index (χ3v) is 2.38. The number of rotatable bonds is 2. The molecule has 0 fully saturated rings. The lowest BCUT2D eigenvalue weighted by Gasteiger charge is -2.13. The number of phenols is 1. The lowest BCUT2D eigenvalue weighted by Crippen LogP contribution is -2.22. The predicted molar refractivity (Wildman–Crippen MR) is 51.7 cm³/mol. The van der Waals surface area contributed by atoms with E-state index in [9.17, 15) is 13.9 Å². The summed E-state index contributed by atoms with van der Waals surface area (Å²) >= 11 is 2.81. The van der Waals surface area contributed by atoms with E-state index in [4.69, 9.17) is 11.5 Å². The number of hydrogen-bond donors (Lipinski definition) is 3. The molecule has 78 valence electrons. The molecule has 0 aliphatic heterocycles. The van der Waals surface area contributed by atoms with Crippen LogP contribution in [0.2, 0.25) is 0 Å². The molecule has 3 nitrogen and oxygen atoms in total. The normalized spacial score (nSPS) is 12.9. The van der Waals surface area contributed by atoms with Crippen molar-refractivity contribution in [2.45, 2.75) is 6.04 Å². The van der Waals surface area contributed by atoms with Gasteiger partial charge in [0, 0.05) is 12.6 Å². The van der Waals surface area contributed by atoms with Crippen LogP contribution in [0.5, 0.6) is 5.75 Å². The highest BCUT2D eigenvalue weighted by Crippen LogP contribution is 2.33. The van der Waals surface area contributed by atoms with E-state index in [0.717, 1.165) is 6.07 Å². The van der Waals surface area contributed by atoms with Gasteiger partial charge in [-0.05, 0) is 22.0 Å². The molecule has 1 atom stereocenters. The third kappa shape index (κ3) is 1.87. The summed E-state index contributed by atoms with van der Waals surface area (Å²) < 4.78 is 26.3. The van der Waals surface area contributed by atoms with Crippen molar-refractivity contribution < 1.29 is 13.9 Å². The van der Waals surface area contributed by atoms with Crippen LogP contribution in [0.15, 0.2) is 10.5 Å². The molecule has 0 heterocycles. The van der Waals surface area contributed by atoms with Gasteiger partial charge in [-0.3, -0.25) is 0 Å². The van der Waals surface area contributed by atoms with Gasteiger partial charge in [0.15, 0.2) is 11.6 Å². The minimum absolute atomic E-state index is 0.0830. The second-order valence-corrected chi connectivity index (χ2v) is 3.61. The maximum atomic E-state index is 13.4. The molecule has 1 aromatic rings. The quantitative estimate of drug-likeness (QED) is 0.709. The summed E-state index contributed by atoms with van der Waals surface area (Å²) in [4.78, 5) is 0. The van der Waals surface area contributed by atoms with Crippen LogP contribution in [0.1, 0.15) is 11.6 Å². The number of phenolic OH excluding ortho intramolecular Hbond substituents is 1. The minimum atomic E-state index is -0.933. The number of aromatic hydroxyl groups is 1. The van der Waals surface area contributed by atoms with Gasteiger partial charge in [-0.15, -0.1) is 0 Å². The Labute approximate surface area is 87.8 Å². The molecule has 0 amide bonds. The van der Waals surface area contributed by atoms with Crippen molar-refractivity contribution in [3.8, 4) is 5.75 Å². The van der Waals surface area contributed by atoms with Crippen LogP contribution >= 0.6 is 15.9 Å². The molecule has 5 N–H and O–H groups in total.